The molecule has 0 atom stereocenters. The van der Waals surface area contributed by atoms with Crippen molar-refractivity contribution in [2.45, 2.75) is 6.43 Å². The third-order valence-corrected chi connectivity index (χ3v) is 1.42. The molecule has 0 spiro atoms. The summed E-state index contributed by atoms with van der Waals surface area (Å²) >= 11 is 0. The number of aromatic nitrogens is 2. The summed E-state index contributed by atoms with van der Waals surface area (Å²) in [5.41, 5.74) is 0. The molecule has 1 rings (SSSR count). The van der Waals surface area contributed by atoms with Crippen molar-refractivity contribution < 1.29 is 23.0 Å². The summed E-state index contributed by atoms with van der Waals surface area (Å²) in [6.45, 7) is -0.768. The van der Waals surface area contributed by atoms with Crippen LogP contribution in [0.5, 0.6) is 17.8 Å². The number of hydrogen-bond donors (Lipinski definition) is 0. The fourth-order valence-corrected chi connectivity index (χ4v) is 0.795. The molecule has 7 heteroatoms. The third-order valence-electron chi connectivity index (χ3n) is 1.42. The smallest absolute Gasteiger partial charge is 0.323 e. The standard InChI is InChI=1S/C8H10F2N2O3/c1-13-6-3-7(14-2)12-8(11-6)15-4-5(9)10/h3,5H,4H2,1-2H3. The van der Waals surface area contributed by atoms with Gasteiger partial charge in [-0.2, -0.15) is 9.97 Å². The molecular weight excluding hydrogens is 210 g/mol. The second kappa shape index (κ2) is 5.28. The van der Waals surface area contributed by atoms with Gasteiger partial charge in [0.25, 0.3) is 6.43 Å². The number of nitrogens with zero attached hydrogens (tertiary/aromatic N) is 2. The highest BCUT2D eigenvalue weighted by Crippen LogP contribution is 2.18. The minimum Gasteiger partial charge on any atom is -0.481 e. The van der Waals surface area contributed by atoms with Crippen molar-refractivity contribution in [2.24, 2.45) is 0 Å². The molecule has 0 aliphatic rings. The van der Waals surface area contributed by atoms with Crippen molar-refractivity contribution in [3.63, 3.8) is 0 Å². The van der Waals surface area contributed by atoms with E-state index in [-0.39, 0.29) is 17.8 Å². The molecule has 0 aromatic carbocycles. The minimum absolute atomic E-state index is 0.186. The first-order valence-corrected chi connectivity index (χ1v) is 4.03. The molecular formula is C8H10F2N2O3. The SMILES string of the molecule is COc1cc(OC)nc(OCC(F)F)n1. The molecule has 0 radical (unpaired) electrons. The maximum absolute atomic E-state index is 11.8. The van der Waals surface area contributed by atoms with Crippen molar-refractivity contribution in [3.8, 4) is 17.8 Å². The quantitative estimate of drug-likeness (QED) is 0.744. The molecule has 1 aromatic rings. The van der Waals surface area contributed by atoms with E-state index in [2.05, 4.69) is 14.7 Å². The van der Waals surface area contributed by atoms with Crippen LogP contribution in [0.4, 0.5) is 8.78 Å². The number of rotatable bonds is 5. The summed E-state index contributed by atoms with van der Waals surface area (Å²) in [5, 5.41) is 0. The Kier molecular flexibility index (Phi) is 4.02. The Bertz CT molecular complexity index is 301. The Hall–Kier alpha value is -1.66. The maximum atomic E-state index is 11.8. The van der Waals surface area contributed by atoms with Gasteiger partial charge in [-0.25, -0.2) is 8.78 Å². The van der Waals surface area contributed by atoms with E-state index in [1.165, 1.54) is 20.3 Å². The zero-order chi connectivity index (χ0) is 11.3. The highest BCUT2D eigenvalue weighted by molar-refractivity contribution is 5.22. The topological polar surface area (TPSA) is 53.5 Å². The summed E-state index contributed by atoms with van der Waals surface area (Å²) in [6, 6.07) is 1.21. The second-order valence-electron chi connectivity index (χ2n) is 2.44. The van der Waals surface area contributed by atoms with Crippen LogP contribution in [0.2, 0.25) is 0 Å². The van der Waals surface area contributed by atoms with E-state index >= 15 is 0 Å². The normalized spacial score (nSPS) is 10.2. The van der Waals surface area contributed by atoms with E-state index in [1.807, 2.05) is 0 Å². The summed E-state index contributed by atoms with van der Waals surface area (Å²) in [7, 11) is 2.78. The molecule has 0 fully saturated rings. The fraction of sp³-hybridized carbons (Fsp3) is 0.500. The van der Waals surface area contributed by atoms with Gasteiger partial charge >= 0.3 is 6.01 Å². The number of hydrogen-bond acceptors (Lipinski definition) is 5. The van der Waals surface area contributed by atoms with E-state index in [0.717, 1.165) is 0 Å². The Morgan fingerprint density at radius 1 is 1.20 bits per heavy atom. The van der Waals surface area contributed by atoms with Crippen LogP contribution >= 0.6 is 0 Å². The molecule has 15 heavy (non-hydrogen) atoms. The van der Waals surface area contributed by atoms with E-state index in [1.54, 1.807) is 0 Å². The number of alkyl halides is 2. The van der Waals surface area contributed by atoms with Gasteiger partial charge in [-0.15, -0.1) is 0 Å². The Morgan fingerprint density at radius 3 is 2.13 bits per heavy atom. The van der Waals surface area contributed by atoms with Crippen molar-refractivity contribution in [3.05, 3.63) is 6.07 Å². The zero-order valence-electron chi connectivity index (χ0n) is 8.24. The molecule has 0 unspecified atom stereocenters. The summed E-state index contributed by atoms with van der Waals surface area (Å²) < 4.78 is 37.9. The monoisotopic (exact) mass is 220 g/mol. The van der Waals surface area contributed by atoms with Gasteiger partial charge in [0.1, 0.15) is 0 Å². The van der Waals surface area contributed by atoms with Gasteiger partial charge in [0.05, 0.1) is 20.3 Å². The lowest BCUT2D eigenvalue weighted by atomic mass is 10.6. The van der Waals surface area contributed by atoms with E-state index in [0.29, 0.717) is 0 Å². The predicted molar refractivity (Wildman–Crippen MR) is 46.6 cm³/mol. The summed E-state index contributed by atoms with van der Waals surface area (Å²) in [6.07, 6.45) is -2.58. The molecule has 0 N–H and O–H groups in total. The van der Waals surface area contributed by atoms with Gasteiger partial charge in [-0.3, -0.25) is 0 Å². The molecule has 0 saturated heterocycles. The van der Waals surface area contributed by atoms with Crippen LogP contribution in [0.25, 0.3) is 0 Å². The first-order valence-electron chi connectivity index (χ1n) is 4.03. The van der Waals surface area contributed by atoms with Gasteiger partial charge in [0.2, 0.25) is 11.8 Å². The Balaban J connectivity index is 2.77. The van der Waals surface area contributed by atoms with E-state index in [9.17, 15) is 8.78 Å². The number of halogens is 2. The molecule has 0 amide bonds. The van der Waals surface area contributed by atoms with Gasteiger partial charge in [-0.1, -0.05) is 0 Å². The average Bonchev–Trinajstić information content (AvgIpc) is 2.25. The predicted octanol–water partition coefficient (Wildman–Crippen LogP) is 1.14. The third kappa shape index (κ3) is 3.53. The molecule has 1 heterocycles. The molecule has 0 aliphatic carbocycles. The van der Waals surface area contributed by atoms with Crippen LogP contribution in [-0.4, -0.2) is 37.2 Å². The fourth-order valence-electron chi connectivity index (χ4n) is 0.795. The highest BCUT2D eigenvalue weighted by Gasteiger charge is 2.09. The van der Waals surface area contributed by atoms with Crippen LogP contribution in [-0.2, 0) is 0 Å². The lowest BCUT2D eigenvalue weighted by Crippen LogP contribution is -2.09. The molecule has 1 aromatic heterocycles. The van der Waals surface area contributed by atoms with E-state index < -0.39 is 13.0 Å². The van der Waals surface area contributed by atoms with Crippen LogP contribution in [0.1, 0.15) is 0 Å². The largest absolute Gasteiger partial charge is 0.481 e. The van der Waals surface area contributed by atoms with Crippen LogP contribution in [0, 0.1) is 0 Å². The first-order chi connectivity index (χ1) is 7.15. The zero-order valence-corrected chi connectivity index (χ0v) is 8.24. The Labute approximate surface area is 85.0 Å². The number of ether oxygens (including phenoxy) is 3. The lowest BCUT2D eigenvalue weighted by molar-refractivity contribution is 0.0761. The molecule has 0 aliphatic heterocycles. The summed E-state index contributed by atoms with van der Waals surface area (Å²) in [4.78, 5) is 7.41. The molecule has 0 bridgehead atoms. The second-order valence-corrected chi connectivity index (χ2v) is 2.44. The molecule has 84 valence electrons. The molecule has 5 nitrogen and oxygen atoms in total. The van der Waals surface area contributed by atoms with Gasteiger partial charge < -0.3 is 14.2 Å². The molecule has 0 saturated carbocycles. The van der Waals surface area contributed by atoms with Crippen molar-refractivity contribution in [2.75, 3.05) is 20.8 Å². The maximum Gasteiger partial charge on any atom is 0.323 e. The first kappa shape index (κ1) is 11.4. The van der Waals surface area contributed by atoms with Gasteiger partial charge in [0, 0.05) is 0 Å². The van der Waals surface area contributed by atoms with Gasteiger partial charge in [-0.05, 0) is 0 Å². The van der Waals surface area contributed by atoms with Crippen LogP contribution in [0.15, 0.2) is 6.07 Å². The van der Waals surface area contributed by atoms with Crippen LogP contribution < -0.4 is 14.2 Å². The number of methoxy groups -OCH3 is 2. The van der Waals surface area contributed by atoms with Crippen molar-refractivity contribution in [1.29, 1.82) is 0 Å². The summed E-state index contributed by atoms with van der Waals surface area (Å²) in [5.74, 6) is 0.372. The van der Waals surface area contributed by atoms with Crippen molar-refractivity contribution >= 4 is 0 Å². The Morgan fingerprint density at radius 2 is 1.73 bits per heavy atom. The average molecular weight is 220 g/mol. The van der Waals surface area contributed by atoms with E-state index in [4.69, 9.17) is 9.47 Å². The van der Waals surface area contributed by atoms with Gasteiger partial charge in [0.15, 0.2) is 6.61 Å². The lowest BCUT2D eigenvalue weighted by Gasteiger charge is -2.06. The van der Waals surface area contributed by atoms with Crippen molar-refractivity contribution in [1.82, 2.24) is 9.97 Å². The highest BCUT2D eigenvalue weighted by atomic mass is 19.3. The van der Waals surface area contributed by atoms with Crippen LogP contribution in [0.3, 0.4) is 0 Å². The minimum atomic E-state index is -2.58.